The minimum absolute atomic E-state index is 0.768. The van der Waals surface area contributed by atoms with Gasteiger partial charge in [0.05, 0.1) is 0 Å². The maximum Gasteiger partial charge on any atom is 0.178 e. The van der Waals surface area contributed by atoms with Gasteiger partial charge in [0.25, 0.3) is 0 Å². The highest BCUT2D eigenvalue weighted by atomic mass is 35.5. The van der Waals surface area contributed by atoms with E-state index in [1.807, 2.05) is 19.9 Å². The molecule has 0 aromatic carbocycles. The van der Waals surface area contributed by atoms with E-state index in [0.717, 1.165) is 18.7 Å². The molecule has 2 atom stereocenters. The molecular formula is C10H20ClNO2. The zero-order valence-corrected chi connectivity index (χ0v) is 10.1. The minimum atomic E-state index is -1.01. The van der Waals surface area contributed by atoms with Crippen LogP contribution in [0.3, 0.4) is 0 Å². The fraction of sp³-hybridized carbons (Fsp3) is 0.800. The molecule has 0 radical (unpaired) electrons. The summed E-state index contributed by atoms with van der Waals surface area (Å²) < 4.78 is 4.83. The Kier molecular flexibility index (Phi) is 6.16. The van der Waals surface area contributed by atoms with Gasteiger partial charge in [0, 0.05) is 19.4 Å². The first-order valence-electron chi connectivity index (χ1n) is 4.84. The molecule has 0 amide bonds. The summed E-state index contributed by atoms with van der Waals surface area (Å²) in [5.41, 5.74) is 0.804. The molecule has 0 spiro atoms. The molecule has 0 aliphatic heterocycles. The van der Waals surface area contributed by atoms with Gasteiger partial charge < -0.3 is 15.2 Å². The molecule has 0 saturated heterocycles. The molecule has 0 aliphatic carbocycles. The number of halogens is 1. The maximum atomic E-state index is 9.57. The lowest BCUT2D eigenvalue weighted by Gasteiger charge is -2.30. The predicted molar refractivity (Wildman–Crippen MR) is 59.3 cm³/mol. The van der Waals surface area contributed by atoms with Crippen LogP contribution in [0.2, 0.25) is 0 Å². The van der Waals surface area contributed by atoms with Crippen molar-refractivity contribution in [2.24, 2.45) is 0 Å². The fourth-order valence-electron chi connectivity index (χ4n) is 1.19. The Labute approximate surface area is 91.1 Å². The molecule has 14 heavy (non-hydrogen) atoms. The minimum Gasteiger partial charge on any atom is -0.387 e. The van der Waals surface area contributed by atoms with Crippen LogP contribution in [0.1, 0.15) is 27.2 Å². The Morgan fingerprint density at radius 1 is 1.64 bits per heavy atom. The standard InChI is InChI=1S/C10H20ClNO2/c1-5-7-8(12-6-2)10(3,11)9(13)14-4/h7,9,12-13H,5-6H2,1-4H3/b8-7+/t9-,10?/m1/s1. The Balaban J connectivity index is 4.70. The number of nitrogens with one attached hydrogen (secondary N) is 1. The molecule has 0 saturated carbocycles. The first-order chi connectivity index (χ1) is 6.50. The molecule has 1 unspecified atom stereocenters. The van der Waals surface area contributed by atoms with Crippen LogP contribution in [0.15, 0.2) is 11.8 Å². The van der Waals surface area contributed by atoms with Gasteiger partial charge in [-0.2, -0.15) is 0 Å². The molecule has 0 aromatic rings. The number of allylic oxidation sites excluding steroid dienone is 1. The van der Waals surface area contributed by atoms with E-state index in [-0.39, 0.29) is 0 Å². The van der Waals surface area contributed by atoms with Crippen LogP contribution in [-0.4, -0.2) is 29.9 Å². The second kappa shape index (κ2) is 6.27. The van der Waals surface area contributed by atoms with Crippen LogP contribution in [-0.2, 0) is 4.74 Å². The van der Waals surface area contributed by atoms with E-state index in [1.54, 1.807) is 6.92 Å². The Hall–Kier alpha value is -0.250. The molecule has 0 aromatic heterocycles. The smallest absolute Gasteiger partial charge is 0.178 e. The third-order valence-corrected chi connectivity index (χ3v) is 2.38. The van der Waals surface area contributed by atoms with E-state index < -0.39 is 11.2 Å². The Morgan fingerprint density at radius 2 is 2.21 bits per heavy atom. The molecule has 3 nitrogen and oxygen atoms in total. The van der Waals surface area contributed by atoms with Crippen LogP contribution in [0.5, 0.6) is 0 Å². The molecule has 2 N–H and O–H groups in total. The quantitative estimate of drug-likeness (QED) is 0.532. The van der Waals surface area contributed by atoms with Gasteiger partial charge in [-0.1, -0.05) is 13.0 Å². The summed E-state index contributed by atoms with van der Waals surface area (Å²) in [6.07, 6.45) is 1.81. The van der Waals surface area contributed by atoms with E-state index >= 15 is 0 Å². The topological polar surface area (TPSA) is 41.5 Å². The Bertz CT molecular complexity index is 193. The lowest BCUT2D eigenvalue weighted by Crippen LogP contribution is -2.42. The molecule has 0 rings (SSSR count). The van der Waals surface area contributed by atoms with Crippen LogP contribution >= 0.6 is 11.6 Å². The van der Waals surface area contributed by atoms with Crippen LogP contribution in [0.25, 0.3) is 0 Å². The predicted octanol–water partition coefficient (Wildman–Crippen LogP) is 1.85. The highest BCUT2D eigenvalue weighted by molar-refractivity contribution is 6.25. The number of rotatable bonds is 6. The summed E-state index contributed by atoms with van der Waals surface area (Å²) in [6, 6.07) is 0. The van der Waals surface area contributed by atoms with E-state index in [1.165, 1.54) is 7.11 Å². The van der Waals surface area contributed by atoms with Crippen molar-refractivity contribution >= 4 is 11.6 Å². The van der Waals surface area contributed by atoms with Gasteiger partial charge in [-0.3, -0.25) is 0 Å². The van der Waals surface area contributed by atoms with Crippen molar-refractivity contribution < 1.29 is 9.84 Å². The number of ether oxygens (including phenoxy) is 1. The number of aliphatic hydroxyl groups excluding tert-OH is 1. The van der Waals surface area contributed by atoms with Gasteiger partial charge in [0.15, 0.2) is 6.29 Å². The highest BCUT2D eigenvalue weighted by Gasteiger charge is 2.34. The molecule has 84 valence electrons. The van der Waals surface area contributed by atoms with Crippen molar-refractivity contribution in [1.29, 1.82) is 0 Å². The van der Waals surface area contributed by atoms with Crippen molar-refractivity contribution in [3.05, 3.63) is 11.8 Å². The molecule has 0 aliphatic rings. The summed E-state index contributed by atoms with van der Waals surface area (Å²) in [6.45, 7) is 6.50. The average Bonchev–Trinajstić information content (AvgIpc) is 2.16. The monoisotopic (exact) mass is 221 g/mol. The lowest BCUT2D eigenvalue weighted by molar-refractivity contribution is -0.0909. The van der Waals surface area contributed by atoms with Crippen molar-refractivity contribution in [3.63, 3.8) is 0 Å². The lowest BCUT2D eigenvalue weighted by atomic mass is 10.1. The molecular weight excluding hydrogens is 202 g/mol. The maximum absolute atomic E-state index is 9.57. The largest absolute Gasteiger partial charge is 0.387 e. The summed E-state index contributed by atoms with van der Waals surface area (Å²) >= 11 is 6.20. The normalized spacial score (nSPS) is 18.9. The fourth-order valence-corrected chi connectivity index (χ4v) is 1.43. The van der Waals surface area contributed by atoms with Crippen LogP contribution < -0.4 is 5.32 Å². The van der Waals surface area contributed by atoms with E-state index in [2.05, 4.69) is 5.32 Å². The van der Waals surface area contributed by atoms with E-state index in [9.17, 15) is 5.11 Å². The second-order valence-electron chi connectivity index (χ2n) is 3.22. The molecule has 0 bridgehead atoms. The van der Waals surface area contributed by atoms with Crippen molar-refractivity contribution in [2.45, 2.75) is 38.4 Å². The average molecular weight is 222 g/mol. The third kappa shape index (κ3) is 3.48. The number of alkyl halides is 1. The first-order valence-corrected chi connectivity index (χ1v) is 5.22. The van der Waals surface area contributed by atoms with Crippen molar-refractivity contribution in [1.82, 2.24) is 5.32 Å². The second-order valence-corrected chi connectivity index (χ2v) is 4.01. The summed E-state index contributed by atoms with van der Waals surface area (Å²) in [5, 5.41) is 12.7. The van der Waals surface area contributed by atoms with Gasteiger partial charge in [0.2, 0.25) is 0 Å². The third-order valence-electron chi connectivity index (χ3n) is 1.99. The molecule has 0 heterocycles. The van der Waals surface area contributed by atoms with Crippen molar-refractivity contribution in [3.8, 4) is 0 Å². The molecule has 4 heteroatoms. The summed E-state index contributed by atoms with van der Waals surface area (Å²) in [4.78, 5) is -0.916. The number of aliphatic hydroxyl groups is 1. The number of methoxy groups -OCH3 is 1. The number of hydrogen-bond acceptors (Lipinski definition) is 3. The first kappa shape index (κ1) is 13.8. The van der Waals surface area contributed by atoms with Gasteiger partial charge in [-0.15, -0.1) is 11.6 Å². The highest BCUT2D eigenvalue weighted by Crippen LogP contribution is 2.27. The van der Waals surface area contributed by atoms with E-state index in [4.69, 9.17) is 16.3 Å². The van der Waals surface area contributed by atoms with Gasteiger partial charge in [-0.25, -0.2) is 0 Å². The zero-order chi connectivity index (χ0) is 11.2. The summed E-state index contributed by atoms with van der Waals surface area (Å²) in [7, 11) is 1.43. The summed E-state index contributed by atoms with van der Waals surface area (Å²) in [5.74, 6) is 0. The van der Waals surface area contributed by atoms with Crippen LogP contribution in [0, 0.1) is 0 Å². The zero-order valence-electron chi connectivity index (χ0n) is 9.30. The SMILES string of the molecule is CC/C=C(/NCC)C(C)(Cl)[C@H](O)OC. The van der Waals surface area contributed by atoms with Crippen LogP contribution in [0.4, 0.5) is 0 Å². The van der Waals surface area contributed by atoms with Gasteiger partial charge in [-0.05, 0) is 20.3 Å². The van der Waals surface area contributed by atoms with Gasteiger partial charge >= 0.3 is 0 Å². The van der Waals surface area contributed by atoms with Crippen molar-refractivity contribution in [2.75, 3.05) is 13.7 Å². The number of hydrogen-bond donors (Lipinski definition) is 2. The van der Waals surface area contributed by atoms with E-state index in [0.29, 0.717) is 0 Å². The Morgan fingerprint density at radius 3 is 2.57 bits per heavy atom. The van der Waals surface area contributed by atoms with Gasteiger partial charge in [0.1, 0.15) is 4.87 Å². The molecule has 0 fully saturated rings.